The van der Waals surface area contributed by atoms with Gasteiger partial charge in [-0.2, -0.15) is 0 Å². The molecule has 1 N–H and O–H groups in total. The topological polar surface area (TPSA) is 88.8 Å². The number of oxime groups is 1. The summed E-state index contributed by atoms with van der Waals surface area (Å²) in [6.45, 7) is 2.22. The highest BCUT2D eigenvalue weighted by atomic mass is 16.6. The van der Waals surface area contributed by atoms with Crippen molar-refractivity contribution in [2.24, 2.45) is 16.1 Å². The maximum absolute atomic E-state index is 13.2. The number of rotatable bonds is 6. The number of aromatic nitrogens is 2. The van der Waals surface area contributed by atoms with Crippen LogP contribution in [0.3, 0.4) is 0 Å². The molecule has 1 aromatic heterocycles. The molecule has 0 spiro atoms. The fraction of sp³-hybridized carbons (Fsp3) is 0.143. The highest BCUT2D eigenvalue weighted by molar-refractivity contribution is 6.01. The van der Waals surface area contributed by atoms with Crippen LogP contribution in [0.15, 0.2) is 111 Å². The van der Waals surface area contributed by atoms with Gasteiger partial charge in [-0.3, -0.25) is 9.78 Å². The van der Waals surface area contributed by atoms with Crippen LogP contribution in [0.2, 0.25) is 0 Å². The van der Waals surface area contributed by atoms with E-state index in [0.29, 0.717) is 23.7 Å². The molecular weight excluding hydrogens is 440 g/mol. The zero-order chi connectivity index (χ0) is 24.2. The predicted molar refractivity (Wildman–Crippen MR) is 137 cm³/mol. The summed E-state index contributed by atoms with van der Waals surface area (Å²) in [6.07, 6.45) is 1.69. The second-order valence-electron chi connectivity index (χ2n) is 8.35. The van der Waals surface area contributed by atoms with Crippen molar-refractivity contribution in [3.63, 3.8) is 0 Å². The van der Waals surface area contributed by atoms with E-state index in [1.165, 1.54) is 4.57 Å². The largest absolute Gasteiger partial charge is 0.391 e. The smallest absolute Gasteiger partial charge is 0.334 e. The summed E-state index contributed by atoms with van der Waals surface area (Å²) in [5.41, 5.74) is 2.73. The van der Waals surface area contributed by atoms with Crippen LogP contribution < -0.4 is 11.2 Å². The molecule has 1 aliphatic heterocycles. The summed E-state index contributed by atoms with van der Waals surface area (Å²) < 4.78 is 1.45. The quantitative estimate of drug-likeness (QED) is 0.335. The molecule has 0 aliphatic carbocycles. The molecule has 0 bridgehead atoms. The summed E-state index contributed by atoms with van der Waals surface area (Å²) in [5.74, 6) is -0.387. The number of nitrogens with zero attached hydrogens (tertiary/aromatic N) is 3. The number of aromatic amines is 1. The number of hydrogen-bond acceptors (Lipinski definition) is 5. The van der Waals surface area contributed by atoms with Gasteiger partial charge in [0, 0.05) is 17.5 Å². The van der Waals surface area contributed by atoms with Gasteiger partial charge in [0.2, 0.25) is 0 Å². The second kappa shape index (κ2) is 9.77. The van der Waals surface area contributed by atoms with Crippen molar-refractivity contribution in [1.29, 1.82) is 0 Å². The van der Waals surface area contributed by atoms with Crippen molar-refractivity contribution >= 4 is 17.7 Å². The minimum absolute atomic E-state index is 0.330. The van der Waals surface area contributed by atoms with Crippen molar-refractivity contribution in [2.45, 2.75) is 19.4 Å². The molecule has 0 saturated heterocycles. The van der Waals surface area contributed by atoms with E-state index < -0.39 is 17.2 Å². The Hall–Kier alpha value is -4.52. The lowest BCUT2D eigenvalue weighted by Gasteiger charge is -2.30. The Kier molecular flexibility index (Phi) is 6.22. The Morgan fingerprint density at radius 3 is 2.26 bits per heavy atom. The lowest BCUT2D eigenvalue weighted by Crippen LogP contribution is -2.38. The summed E-state index contributed by atoms with van der Waals surface area (Å²) in [7, 11) is 0. The van der Waals surface area contributed by atoms with Gasteiger partial charge in [-0.05, 0) is 30.2 Å². The van der Waals surface area contributed by atoms with Crippen LogP contribution >= 0.6 is 0 Å². The first-order valence-corrected chi connectivity index (χ1v) is 11.4. The lowest BCUT2D eigenvalue weighted by atomic mass is 9.78. The van der Waals surface area contributed by atoms with Gasteiger partial charge < -0.3 is 4.84 Å². The normalized spacial score (nSPS) is 17.1. The fourth-order valence-electron chi connectivity index (χ4n) is 4.43. The summed E-state index contributed by atoms with van der Waals surface area (Å²) in [6, 6.07) is 28.7. The SMILES string of the molecule is CC1=Nc2c(c(=O)[nH]c(=O)n2-c2ccccc2)C(c2ccccc2)C1C=NOCc1ccccc1. The van der Waals surface area contributed by atoms with Gasteiger partial charge >= 0.3 is 5.69 Å². The maximum atomic E-state index is 13.2. The van der Waals surface area contributed by atoms with Crippen LogP contribution in [0.4, 0.5) is 5.82 Å². The van der Waals surface area contributed by atoms with E-state index in [2.05, 4.69) is 10.1 Å². The number of nitrogens with one attached hydrogen (secondary N) is 1. The van der Waals surface area contributed by atoms with Crippen LogP contribution in [0.1, 0.15) is 29.5 Å². The number of aliphatic imine (C=N–C) groups is 1. The molecule has 0 amide bonds. The van der Waals surface area contributed by atoms with Crippen molar-refractivity contribution in [3.05, 3.63) is 129 Å². The van der Waals surface area contributed by atoms with E-state index >= 15 is 0 Å². The van der Waals surface area contributed by atoms with E-state index in [1.54, 1.807) is 6.21 Å². The van der Waals surface area contributed by atoms with Crippen LogP contribution in [0, 0.1) is 5.92 Å². The fourth-order valence-corrected chi connectivity index (χ4v) is 4.43. The lowest BCUT2D eigenvalue weighted by molar-refractivity contribution is 0.131. The first kappa shape index (κ1) is 22.3. The van der Waals surface area contributed by atoms with Gasteiger partial charge in [-0.1, -0.05) is 84.0 Å². The molecule has 2 unspecified atom stereocenters. The van der Waals surface area contributed by atoms with Crippen LogP contribution in [0.25, 0.3) is 5.69 Å². The Balaban J connectivity index is 1.61. The van der Waals surface area contributed by atoms with Crippen molar-refractivity contribution in [1.82, 2.24) is 9.55 Å². The first-order chi connectivity index (χ1) is 17.1. The number of hydrogen-bond donors (Lipinski definition) is 1. The zero-order valence-corrected chi connectivity index (χ0v) is 19.2. The molecule has 0 radical (unpaired) electrons. The van der Waals surface area contributed by atoms with Crippen LogP contribution in [0.5, 0.6) is 0 Å². The molecule has 2 atom stereocenters. The number of H-pyrrole nitrogens is 1. The molecule has 1 aliphatic rings. The third-order valence-corrected chi connectivity index (χ3v) is 6.10. The van der Waals surface area contributed by atoms with Crippen molar-refractivity contribution in [3.8, 4) is 5.69 Å². The van der Waals surface area contributed by atoms with E-state index in [-0.39, 0.29) is 5.92 Å². The van der Waals surface area contributed by atoms with Crippen LogP contribution in [-0.2, 0) is 11.4 Å². The Morgan fingerprint density at radius 2 is 1.57 bits per heavy atom. The minimum Gasteiger partial charge on any atom is -0.391 e. The van der Waals surface area contributed by atoms with Gasteiger partial charge in [0.15, 0.2) is 5.82 Å². The maximum Gasteiger partial charge on any atom is 0.334 e. The number of benzene rings is 3. The Morgan fingerprint density at radius 1 is 0.943 bits per heavy atom. The summed E-state index contributed by atoms with van der Waals surface area (Å²) >= 11 is 0. The predicted octanol–water partition coefficient (Wildman–Crippen LogP) is 4.58. The second-order valence-corrected chi connectivity index (χ2v) is 8.35. The highest BCUT2D eigenvalue weighted by Gasteiger charge is 2.36. The van der Waals surface area contributed by atoms with E-state index in [1.807, 2.05) is 97.9 Å². The van der Waals surface area contributed by atoms with Gasteiger partial charge in [0.05, 0.1) is 17.5 Å². The van der Waals surface area contributed by atoms with Crippen molar-refractivity contribution in [2.75, 3.05) is 0 Å². The molecule has 174 valence electrons. The summed E-state index contributed by atoms with van der Waals surface area (Å²) in [4.78, 5) is 38.9. The Labute approximate surface area is 202 Å². The molecule has 3 aromatic carbocycles. The average Bonchev–Trinajstić information content (AvgIpc) is 2.88. The minimum atomic E-state index is -0.526. The van der Waals surface area contributed by atoms with Gasteiger partial charge in [0.25, 0.3) is 5.56 Å². The van der Waals surface area contributed by atoms with E-state index in [9.17, 15) is 9.59 Å². The highest BCUT2D eigenvalue weighted by Crippen LogP contribution is 2.40. The molecule has 5 rings (SSSR count). The molecular formula is C28H24N4O3. The molecule has 0 saturated carbocycles. The molecule has 0 fully saturated rings. The molecule has 4 aromatic rings. The third-order valence-electron chi connectivity index (χ3n) is 6.10. The molecule has 7 nitrogen and oxygen atoms in total. The Bertz CT molecular complexity index is 1490. The van der Waals surface area contributed by atoms with Gasteiger partial charge in [-0.15, -0.1) is 0 Å². The molecule has 2 heterocycles. The van der Waals surface area contributed by atoms with E-state index in [0.717, 1.165) is 16.8 Å². The van der Waals surface area contributed by atoms with Gasteiger partial charge in [-0.25, -0.2) is 14.4 Å². The van der Waals surface area contributed by atoms with Crippen molar-refractivity contribution < 1.29 is 4.84 Å². The third kappa shape index (κ3) is 4.48. The van der Waals surface area contributed by atoms with Gasteiger partial charge in [0.1, 0.15) is 6.61 Å². The van der Waals surface area contributed by atoms with Crippen LogP contribution in [-0.4, -0.2) is 21.5 Å². The monoisotopic (exact) mass is 464 g/mol. The standard InChI is InChI=1S/C28H24N4O3/c1-19-23(17-29-35-18-20-11-5-2-6-12-20)24(21-13-7-3-8-14-21)25-26(30-19)32(28(34)31-27(25)33)22-15-9-4-10-16-22/h2-17,23-24H,18H2,1H3,(H,31,33,34). The molecule has 7 heteroatoms. The molecule has 35 heavy (non-hydrogen) atoms. The summed E-state index contributed by atoms with van der Waals surface area (Å²) in [5, 5.41) is 4.23. The van der Waals surface area contributed by atoms with E-state index in [4.69, 9.17) is 9.83 Å². The number of para-hydroxylation sites is 1. The average molecular weight is 465 g/mol. The number of fused-ring (bicyclic) bond motifs is 1. The zero-order valence-electron chi connectivity index (χ0n) is 19.2. The first-order valence-electron chi connectivity index (χ1n) is 11.4.